The van der Waals surface area contributed by atoms with E-state index in [1.165, 1.54) is 0 Å². The number of rotatable bonds is 1. The third-order valence-corrected chi connectivity index (χ3v) is 0.877. The minimum absolute atomic E-state index is 0. The predicted octanol–water partition coefficient (Wildman–Crippen LogP) is -1.38. The molecule has 0 aliphatic heterocycles. The van der Waals surface area contributed by atoms with Gasteiger partial charge in [0.25, 0.3) is 0 Å². The van der Waals surface area contributed by atoms with Crippen LogP contribution >= 0.6 is 11.8 Å². The van der Waals surface area contributed by atoms with Crippen LogP contribution in [0.3, 0.4) is 0 Å². The van der Waals surface area contributed by atoms with Crippen molar-refractivity contribution >= 4 is 71.0 Å². The zero-order chi connectivity index (χ0) is 5.21. The van der Waals surface area contributed by atoms with Crippen molar-refractivity contribution in [3.8, 4) is 0 Å². The van der Waals surface area contributed by atoms with Crippen molar-refractivity contribution < 1.29 is 13.0 Å². The second kappa shape index (κ2) is 4.60. The number of nitrogens with one attached hydrogen (secondary N) is 1. The molecule has 0 saturated heterocycles. The number of halogens is 1. The molecule has 0 aromatic heterocycles. The zero-order valence-corrected chi connectivity index (χ0v) is 4.12. The van der Waals surface area contributed by atoms with Gasteiger partial charge in [-0.15, -0.1) is 4.24 Å². The Morgan fingerprint density at radius 1 is 1.57 bits per heavy atom. The molecule has 0 unspecified atom stereocenters. The molecule has 0 rings (SSSR count). The standard InChI is InChI=1S/Ba.ClH2NO3S.2H/c;1-2-6(3,4)5;;/h;2H,(H,3,4,5);;. The summed E-state index contributed by atoms with van der Waals surface area (Å²) < 4.78 is 27.3. The summed E-state index contributed by atoms with van der Waals surface area (Å²) in [5.74, 6) is 0. The second-order valence-corrected chi connectivity index (χ2v) is 2.12. The summed E-state index contributed by atoms with van der Waals surface area (Å²) in [6, 6.07) is 0. The molecule has 7 heteroatoms. The van der Waals surface area contributed by atoms with E-state index in [1.54, 1.807) is 0 Å². The van der Waals surface area contributed by atoms with Gasteiger partial charge in [0, 0.05) is 0 Å². The van der Waals surface area contributed by atoms with Gasteiger partial charge in [0.15, 0.2) is 0 Å². The van der Waals surface area contributed by atoms with Gasteiger partial charge in [-0.1, -0.05) is 0 Å². The summed E-state index contributed by atoms with van der Waals surface area (Å²) in [6.45, 7) is 0. The first-order valence-electron chi connectivity index (χ1n) is 0.909. The van der Waals surface area contributed by atoms with Crippen molar-refractivity contribution in [3.05, 3.63) is 0 Å². The van der Waals surface area contributed by atoms with Crippen LogP contribution in [0.15, 0.2) is 0 Å². The fourth-order valence-corrected chi connectivity index (χ4v) is 0. The molecule has 7 heavy (non-hydrogen) atoms. The Morgan fingerprint density at radius 2 is 1.71 bits per heavy atom. The summed E-state index contributed by atoms with van der Waals surface area (Å²) in [7, 11) is -4.15. The van der Waals surface area contributed by atoms with Gasteiger partial charge in [-0.3, -0.25) is 4.55 Å². The molecular formula is H4BaClNO3S. The molecular weight excluding hydrogens is 267 g/mol. The van der Waals surface area contributed by atoms with Gasteiger partial charge in [0.2, 0.25) is 0 Å². The first-order valence-corrected chi connectivity index (χ1v) is 2.73. The summed E-state index contributed by atoms with van der Waals surface area (Å²) in [5.41, 5.74) is 0. The van der Waals surface area contributed by atoms with Gasteiger partial charge in [-0.25, -0.2) is 0 Å². The van der Waals surface area contributed by atoms with E-state index in [-0.39, 0.29) is 48.9 Å². The summed E-state index contributed by atoms with van der Waals surface area (Å²) in [6.07, 6.45) is 0. The van der Waals surface area contributed by atoms with E-state index >= 15 is 0 Å². The van der Waals surface area contributed by atoms with Crippen molar-refractivity contribution in [2.75, 3.05) is 0 Å². The van der Waals surface area contributed by atoms with E-state index in [4.69, 9.17) is 4.55 Å². The normalized spacial score (nSPS) is 10.0. The van der Waals surface area contributed by atoms with Crippen LogP contribution in [0.1, 0.15) is 0 Å². The quantitative estimate of drug-likeness (QED) is 0.351. The van der Waals surface area contributed by atoms with Crippen molar-refractivity contribution in [1.29, 1.82) is 0 Å². The van der Waals surface area contributed by atoms with E-state index in [0.29, 0.717) is 0 Å². The fraction of sp³-hybridized carbons (Fsp3) is 0. The molecule has 0 aliphatic rings. The van der Waals surface area contributed by atoms with Crippen LogP contribution in [0.25, 0.3) is 0 Å². The van der Waals surface area contributed by atoms with E-state index in [2.05, 4.69) is 11.8 Å². The Kier molecular flexibility index (Phi) is 7.56. The van der Waals surface area contributed by atoms with Crippen LogP contribution in [0.2, 0.25) is 0 Å². The fourth-order valence-electron chi connectivity index (χ4n) is 0. The second-order valence-electron chi connectivity index (χ2n) is 0.552. The average Bonchev–Trinajstić information content (AvgIpc) is 1.35. The van der Waals surface area contributed by atoms with E-state index < -0.39 is 10.3 Å². The van der Waals surface area contributed by atoms with Crippen molar-refractivity contribution in [2.24, 2.45) is 0 Å². The molecule has 0 bridgehead atoms. The van der Waals surface area contributed by atoms with Crippen molar-refractivity contribution in [1.82, 2.24) is 4.24 Å². The maximum atomic E-state index is 9.31. The van der Waals surface area contributed by atoms with Crippen LogP contribution in [0.4, 0.5) is 0 Å². The third kappa shape index (κ3) is 11.3. The Bertz CT molecular complexity index is 117. The molecule has 2 N–H and O–H groups in total. The van der Waals surface area contributed by atoms with E-state index in [9.17, 15) is 8.42 Å². The molecule has 0 saturated carbocycles. The SMILES string of the molecule is O=S(=O)(O)NCl.[BaH2]. The first-order chi connectivity index (χ1) is 2.56. The Hall–Kier alpha value is 1.73. The minimum atomic E-state index is -4.15. The van der Waals surface area contributed by atoms with Crippen LogP contribution in [-0.4, -0.2) is 61.9 Å². The van der Waals surface area contributed by atoms with Gasteiger partial charge in [-0.05, 0) is 11.8 Å². The van der Waals surface area contributed by atoms with Crippen LogP contribution in [0.5, 0.6) is 0 Å². The Labute approximate surface area is 86.7 Å². The molecule has 0 aliphatic carbocycles. The van der Waals surface area contributed by atoms with Gasteiger partial charge < -0.3 is 0 Å². The number of hydrogen-bond donors (Lipinski definition) is 2. The Morgan fingerprint density at radius 3 is 1.71 bits per heavy atom. The van der Waals surface area contributed by atoms with Gasteiger partial charge in [0.1, 0.15) is 0 Å². The molecule has 0 amide bonds. The van der Waals surface area contributed by atoms with Gasteiger partial charge in [0.05, 0.1) is 0 Å². The molecule has 0 heterocycles. The van der Waals surface area contributed by atoms with Gasteiger partial charge >= 0.3 is 59.2 Å². The zero-order valence-electron chi connectivity index (χ0n) is 2.55. The predicted molar refractivity (Wildman–Crippen MR) is 29.1 cm³/mol. The average molecular weight is 271 g/mol. The molecule has 0 fully saturated rings. The molecule has 0 radical (unpaired) electrons. The molecule has 0 atom stereocenters. The monoisotopic (exact) mass is 271 g/mol. The summed E-state index contributed by atoms with van der Waals surface area (Å²) >= 11 is 4.39. The van der Waals surface area contributed by atoms with Gasteiger partial charge in [-0.2, -0.15) is 8.42 Å². The number of hydrogen-bond acceptors (Lipinski definition) is 2. The maximum absolute atomic E-state index is 9.31. The van der Waals surface area contributed by atoms with Crippen molar-refractivity contribution in [2.45, 2.75) is 0 Å². The molecule has 42 valence electrons. The summed E-state index contributed by atoms with van der Waals surface area (Å²) in [4.78, 5) is 0. The van der Waals surface area contributed by atoms with E-state index in [0.717, 1.165) is 4.24 Å². The van der Waals surface area contributed by atoms with Crippen LogP contribution in [0, 0.1) is 0 Å². The first kappa shape index (κ1) is 11.5. The summed E-state index contributed by atoms with van der Waals surface area (Å²) in [5, 5.41) is 0. The molecule has 4 nitrogen and oxygen atoms in total. The van der Waals surface area contributed by atoms with Crippen LogP contribution in [-0.2, 0) is 10.3 Å². The molecule has 0 aromatic rings. The Balaban J connectivity index is 0. The van der Waals surface area contributed by atoms with Crippen molar-refractivity contribution in [3.63, 3.8) is 0 Å². The molecule has 0 aromatic carbocycles. The van der Waals surface area contributed by atoms with Crippen LogP contribution < -0.4 is 4.24 Å². The topological polar surface area (TPSA) is 66.4 Å². The molecule has 0 spiro atoms. The third-order valence-electron chi connectivity index (χ3n) is 0.0975. The van der Waals surface area contributed by atoms with E-state index in [1.807, 2.05) is 0 Å².